The summed E-state index contributed by atoms with van der Waals surface area (Å²) in [4.78, 5) is 28.1. The van der Waals surface area contributed by atoms with Crippen molar-refractivity contribution in [3.8, 4) is 11.5 Å². The van der Waals surface area contributed by atoms with Gasteiger partial charge in [-0.25, -0.2) is 4.79 Å². The topological polar surface area (TPSA) is 70.9 Å². The number of nitrogens with zero attached hydrogens (tertiary/aromatic N) is 2. The molecule has 31 heavy (non-hydrogen) atoms. The number of thioether (sulfide) groups is 1. The van der Waals surface area contributed by atoms with Crippen LogP contribution in [0.5, 0.6) is 11.5 Å². The third kappa shape index (κ3) is 5.26. The Morgan fingerprint density at radius 1 is 1.26 bits per heavy atom. The van der Waals surface area contributed by atoms with E-state index in [4.69, 9.17) is 9.47 Å². The molecule has 1 aromatic carbocycles. The highest BCUT2D eigenvalue weighted by molar-refractivity contribution is 8.05. The number of benzene rings is 1. The van der Waals surface area contributed by atoms with E-state index in [1.165, 1.54) is 11.8 Å². The van der Waals surface area contributed by atoms with Gasteiger partial charge < -0.3 is 19.7 Å². The normalized spacial score (nSPS) is 19.4. The lowest BCUT2D eigenvalue weighted by atomic mass is 10.0. The molecule has 0 aromatic heterocycles. The number of nitrogens with one attached hydrogen (secondary N) is 1. The zero-order chi connectivity index (χ0) is 22.5. The number of likely N-dealkylation sites (N-methyl/N-ethyl adjacent to an activating group) is 2. The fourth-order valence-corrected chi connectivity index (χ4v) is 4.48. The standard InChI is InChI=1S/C23H27N3O4S/c1-25(2)11-10-24-22(27)16-7-9-20-17(14-16)26(3)23(28)21(31-20)13-15-6-8-18(29-4)19(12-15)30-5/h6-9,12-14,20H,10-11H2,1-5H3/p+1/b21-13-. The molecule has 1 aromatic rings. The predicted molar refractivity (Wildman–Crippen MR) is 124 cm³/mol. The Morgan fingerprint density at radius 2 is 2.00 bits per heavy atom. The van der Waals surface area contributed by atoms with E-state index in [0.717, 1.165) is 17.8 Å². The van der Waals surface area contributed by atoms with Gasteiger partial charge in [-0.3, -0.25) is 4.79 Å². The summed E-state index contributed by atoms with van der Waals surface area (Å²) < 4.78 is 12.2. The molecular formula is C23H28N3O4S+. The van der Waals surface area contributed by atoms with Gasteiger partial charge in [0.2, 0.25) is 5.71 Å². The molecule has 0 bridgehead atoms. The lowest BCUT2D eigenvalue weighted by Gasteiger charge is -2.21. The van der Waals surface area contributed by atoms with Gasteiger partial charge in [0, 0.05) is 24.7 Å². The smallest absolute Gasteiger partial charge is 0.425 e. The number of hydrogen-bond donors (Lipinski definition) is 1. The van der Waals surface area contributed by atoms with Gasteiger partial charge in [0.15, 0.2) is 11.5 Å². The maximum Gasteiger partial charge on any atom is 0.425 e. The van der Waals surface area contributed by atoms with Gasteiger partial charge in [-0.15, -0.1) is 0 Å². The van der Waals surface area contributed by atoms with E-state index in [0.29, 0.717) is 28.5 Å². The Balaban J connectivity index is 1.82. The van der Waals surface area contributed by atoms with Gasteiger partial charge in [0.05, 0.1) is 14.2 Å². The highest BCUT2D eigenvalue weighted by Gasteiger charge is 2.38. The Kier molecular flexibility index (Phi) is 7.35. The van der Waals surface area contributed by atoms with Crippen LogP contribution in [0.4, 0.5) is 0 Å². The zero-order valence-corrected chi connectivity index (χ0v) is 19.3. The van der Waals surface area contributed by atoms with Gasteiger partial charge in [0.1, 0.15) is 17.2 Å². The fourth-order valence-electron chi connectivity index (χ4n) is 3.26. The second kappa shape index (κ2) is 9.98. The minimum absolute atomic E-state index is 0.0348. The number of hydrogen-bond acceptors (Lipinski definition) is 6. The van der Waals surface area contributed by atoms with Crippen molar-refractivity contribution in [2.75, 3.05) is 48.5 Å². The number of ether oxygens (including phenoxy) is 2. The number of amides is 2. The molecule has 1 heterocycles. The quantitative estimate of drug-likeness (QED) is 0.514. The van der Waals surface area contributed by atoms with Crippen molar-refractivity contribution in [1.82, 2.24) is 10.2 Å². The van der Waals surface area contributed by atoms with Crippen LogP contribution in [0.25, 0.3) is 6.08 Å². The van der Waals surface area contributed by atoms with E-state index in [1.54, 1.807) is 31.9 Å². The van der Waals surface area contributed by atoms with Crippen molar-refractivity contribution in [2.45, 2.75) is 5.25 Å². The summed E-state index contributed by atoms with van der Waals surface area (Å²) in [5.41, 5.74) is 2.21. The summed E-state index contributed by atoms with van der Waals surface area (Å²) in [5, 5.41) is 2.87. The molecule has 1 aliphatic carbocycles. The molecule has 1 N–H and O–H groups in total. The third-order valence-corrected chi connectivity index (χ3v) is 6.21. The molecule has 1 unspecified atom stereocenters. The van der Waals surface area contributed by atoms with E-state index in [-0.39, 0.29) is 17.1 Å². The lowest BCUT2D eigenvalue weighted by molar-refractivity contribution is -0.413. The van der Waals surface area contributed by atoms with Gasteiger partial charge in [0.25, 0.3) is 5.91 Å². The highest BCUT2D eigenvalue weighted by Crippen LogP contribution is 2.35. The van der Waals surface area contributed by atoms with Crippen LogP contribution in [0.3, 0.4) is 0 Å². The minimum Gasteiger partial charge on any atom is -0.493 e. The average Bonchev–Trinajstić information content (AvgIpc) is 2.76. The molecule has 0 spiro atoms. The van der Waals surface area contributed by atoms with Gasteiger partial charge in [-0.1, -0.05) is 30.0 Å². The van der Waals surface area contributed by atoms with E-state index < -0.39 is 0 Å². The molecule has 0 radical (unpaired) electrons. The largest absolute Gasteiger partial charge is 0.493 e. The molecule has 8 heteroatoms. The summed E-state index contributed by atoms with van der Waals surface area (Å²) >= 11 is 1.47. The van der Waals surface area contributed by atoms with Crippen molar-refractivity contribution in [3.05, 3.63) is 52.5 Å². The number of carbonyl (C=O) groups excluding carboxylic acids is 2. The molecule has 0 saturated heterocycles. The van der Waals surface area contributed by atoms with Crippen molar-refractivity contribution in [1.29, 1.82) is 0 Å². The highest BCUT2D eigenvalue weighted by atomic mass is 32.2. The van der Waals surface area contributed by atoms with E-state index in [2.05, 4.69) is 5.32 Å². The van der Waals surface area contributed by atoms with Crippen LogP contribution < -0.4 is 14.8 Å². The minimum atomic E-state index is -0.137. The van der Waals surface area contributed by atoms with Gasteiger partial charge >= 0.3 is 5.91 Å². The number of carbonyl (C=O) groups is 2. The lowest BCUT2D eigenvalue weighted by Crippen LogP contribution is -2.38. The number of rotatable bonds is 7. The van der Waals surface area contributed by atoms with E-state index >= 15 is 0 Å². The number of allylic oxidation sites excluding steroid dienone is 1. The second-order valence-corrected chi connectivity index (χ2v) is 8.65. The predicted octanol–water partition coefficient (Wildman–Crippen LogP) is 1.94. The number of methoxy groups -OCH3 is 2. The molecule has 0 fully saturated rings. The Hall–Kier alpha value is -2.84. The third-order valence-electron chi connectivity index (χ3n) is 5.01. The fraction of sp³-hybridized carbons (Fsp3) is 0.348. The van der Waals surface area contributed by atoms with Crippen LogP contribution in [0, 0.1) is 0 Å². The summed E-state index contributed by atoms with van der Waals surface area (Å²) in [6, 6.07) is 5.54. The molecule has 164 valence electrons. The number of fused-ring (bicyclic) bond motifs is 1. The van der Waals surface area contributed by atoms with E-state index in [9.17, 15) is 9.59 Å². The summed E-state index contributed by atoms with van der Waals surface area (Å²) in [6.45, 7) is 1.33. The maximum absolute atomic E-state index is 13.0. The second-order valence-electron chi connectivity index (χ2n) is 7.47. The molecule has 7 nitrogen and oxygen atoms in total. The molecule has 2 amide bonds. The zero-order valence-electron chi connectivity index (χ0n) is 18.5. The Labute approximate surface area is 187 Å². The molecular weight excluding hydrogens is 414 g/mol. The van der Waals surface area contributed by atoms with Crippen molar-refractivity contribution < 1.29 is 23.6 Å². The summed E-state index contributed by atoms with van der Waals surface area (Å²) in [5.74, 6) is 0.999. The first-order chi connectivity index (χ1) is 14.8. The van der Waals surface area contributed by atoms with Crippen molar-refractivity contribution >= 4 is 35.4 Å². The molecule has 1 atom stereocenters. The van der Waals surface area contributed by atoms with E-state index in [1.807, 2.05) is 55.4 Å². The van der Waals surface area contributed by atoms with Gasteiger partial charge in [-0.2, -0.15) is 4.58 Å². The molecule has 0 saturated carbocycles. The van der Waals surface area contributed by atoms with Crippen LogP contribution >= 0.6 is 11.8 Å². The van der Waals surface area contributed by atoms with Gasteiger partial charge in [-0.05, 0) is 37.9 Å². The monoisotopic (exact) mass is 442 g/mol. The van der Waals surface area contributed by atoms with Crippen LogP contribution in [-0.4, -0.2) is 80.7 Å². The first kappa shape index (κ1) is 22.8. The first-order valence-corrected chi connectivity index (χ1v) is 10.8. The summed E-state index contributed by atoms with van der Waals surface area (Å²) in [7, 11) is 8.82. The van der Waals surface area contributed by atoms with Crippen molar-refractivity contribution in [2.24, 2.45) is 0 Å². The first-order valence-electron chi connectivity index (χ1n) is 9.92. The molecule has 2 aliphatic rings. The SMILES string of the molecule is COc1ccc(/C=C2\SC3C=CC(C(=O)NCCN(C)C)=CC3=[N+](C)C2=O)cc1OC. The molecule has 1 aliphatic heterocycles. The van der Waals surface area contributed by atoms with Crippen molar-refractivity contribution in [3.63, 3.8) is 0 Å². The Morgan fingerprint density at radius 3 is 2.68 bits per heavy atom. The van der Waals surface area contributed by atoms with Crippen LogP contribution in [0.15, 0.2) is 46.9 Å². The average molecular weight is 443 g/mol. The van der Waals surface area contributed by atoms with Crippen LogP contribution in [-0.2, 0) is 9.59 Å². The maximum atomic E-state index is 13.0. The Bertz CT molecular complexity index is 1010. The van der Waals surface area contributed by atoms with Crippen LogP contribution in [0.2, 0.25) is 0 Å². The molecule has 3 rings (SSSR count). The van der Waals surface area contributed by atoms with Crippen LogP contribution in [0.1, 0.15) is 5.56 Å². The summed E-state index contributed by atoms with van der Waals surface area (Å²) in [6.07, 6.45) is 7.44.